The van der Waals surface area contributed by atoms with Crippen LogP contribution < -0.4 is 11.1 Å². The fraction of sp³-hybridized carbons (Fsp3) is 0.600. The van der Waals surface area contributed by atoms with Gasteiger partial charge >= 0.3 is 0 Å². The summed E-state index contributed by atoms with van der Waals surface area (Å²) in [7, 11) is 0. The summed E-state index contributed by atoms with van der Waals surface area (Å²) in [4.78, 5) is 11.5. The van der Waals surface area contributed by atoms with Gasteiger partial charge in [0.2, 0.25) is 5.91 Å². The maximum atomic E-state index is 11.5. The van der Waals surface area contributed by atoms with Gasteiger partial charge in [-0.3, -0.25) is 9.48 Å². The van der Waals surface area contributed by atoms with Crippen molar-refractivity contribution in [3.8, 4) is 0 Å². The van der Waals surface area contributed by atoms with Crippen LogP contribution in [0.15, 0.2) is 12.3 Å². The normalized spacial score (nSPS) is 17.1. The zero-order valence-electron chi connectivity index (χ0n) is 9.02. The van der Waals surface area contributed by atoms with Gasteiger partial charge in [0.15, 0.2) is 0 Å². The van der Waals surface area contributed by atoms with Crippen LogP contribution in [0, 0.1) is 5.41 Å². The molecular formula is C10H16N4O2. The molecule has 6 heteroatoms. The maximum absolute atomic E-state index is 11.5. The Kier molecular flexibility index (Phi) is 2.82. The first-order valence-corrected chi connectivity index (χ1v) is 5.30. The highest BCUT2D eigenvalue weighted by Gasteiger charge is 2.41. The van der Waals surface area contributed by atoms with Crippen LogP contribution in [0.2, 0.25) is 0 Å². The molecule has 6 nitrogen and oxygen atoms in total. The zero-order valence-corrected chi connectivity index (χ0v) is 9.02. The SMILES string of the molecule is Nc1ccn(CC(=O)NCC2(CO)CC2)n1. The highest BCUT2D eigenvalue weighted by atomic mass is 16.3. The summed E-state index contributed by atoms with van der Waals surface area (Å²) in [6, 6.07) is 1.64. The second-order valence-electron chi connectivity index (χ2n) is 4.37. The van der Waals surface area contributed by atoms with Gasteiger partial charge in [-0.25, -0.2) is 0 Å². The van der Waals surface area contributed by atoms with Crippen molar-refractivity contribution in [1.29, 1.82) is 0 Å². The first kappa shape index (κ1) is 10.9. The van der Waals surface area contributed by atoms with Crippen LogP contribution in [0.3, 0.4) is 0 Å². The Labute approximate surface area is 93.4 Å². The third-order valence-electron chi connectivity index (χ3n) is 2.92. The fourth-order valence-corrected chi connectivity index (χ4v) is 1.52. The molecule has 0 spiro atoms. The predicted octanol–water partition coefficient (Wildman–Crippen LogP) is -0.646. The summed E-state index contributed by atoms with van der Waals surface area (Å²) >= 11 is 0. The average molecular weight is 224 g/mol. The molecule has 1 fully saturated rings. The van der Waals surface area contributed by atoms with E-state index in [0.717, 1.165) is 12.8 Å². The summed E-state index contributed by atoms with van der Waals surface area (Å²) < 4.78 is 1.49. The number of carbonyl (C=O) groups excluding carboxylic acids is 1. The number of carbonyl (C=O) groups is 1. The summed E-state index contributed by atoms with van der Waals surface area (Å²) in [5, 5.41) is 15.8. The lowest BCUT2D eigenvalue weighted by molar-refractivity contribution is -0.122. The molecule has 4 N–H and O–H groups in total. The van der Waals surface area contributed by atoms with E-state index in [1.54, 1.807) is 12.3 Å². The van der Waals surface area contributed by atoms with Crippen molar-refractivity contribution < 1.29 is 9.90 Å². The van der Waals surface area contributed by atoms with Crippen LogP contribution in [-0.2, 0) is 11.3 Å². The Morgan fingerprint density at radius 3 is 2.94 bits per heavy atom. The van der Waals surface area contributed by atoms with Gasteiger partial charge in [0.1, 0.15) is 12.4 Å². The van der Waals surface area contributed by atoms with Crippen LogP contribution in [-0.4, -0.2) is 33.9 Å². The van der Waals surface area contributed by atoms with Crippen molar-refractivity contribution in [1.82, 2.24) is 15.1 Å². The summed E-state index contributed by atoms with van der Waals surface area (Å²) in [5.41, 5.74) is 5.38. The van der Waals surface area contributed by atoms with Gasteiger partial charge in [0.25, 0.3) is 0 Å². The number of nitrogens with one attached hydrogen (secondary N) is 1. The van der Waals surface area contributed by atoms with Crippen molar-refractivity contribution in [3.63, 3.8) is 0 Å². The van der Waals surface area contributed by atoms with Crippen molar-refractivity contribution in [3.05, 3.63) is 12.3 Å². The van der Waals surface area contributed by atoms with Crippen LogP contribution in [0.1, 0.15) is 12.8 Å². The lowest BCUT2D eigenvalue weighted by atomic mass is 10.1. The Morgan fingerprint density at radius 1 is 1.69 bits per heavy atom. The molecule has 1 aromatic heterocycles. The first-order chi connectivity index (χ1) is 7.63. The highest BCUT2D eigenvalue weighted by molar-refractivity contribution is 5.75. The van der Waals surface area contributed by atoms with E-state index in [1.165, 1.54) is 4.68 Å². The zero-order chi connectivity index (χ0) is 11.6. The average Bonchev–Trinajstić information content (AvgIpc) is 2.95. The van der Waals surface area contributed by atoms with Gasteiger partial charge in [-0.1, -0.05) is 0 Å². The smallest absolute Gasteiger partial charge is 0.241 e. The number of nitrogens with two attached hydrogens (primary N) is 1. The third kappa shape index (κ3) is 2.52. The Morgan fingerprint density at radius 2 is 2.44 bits per heavy atom. The minimum absolute atomic E-state index is 0.0567. The van der Waals surface area contributed by atoms with E-state index >= 15 is 0 Å². The van der Waals surface area contributed by atoms with Crippen LogP contribution in [0.25, 0.3) is 0 Å². The molecule has 1 aromatic rings. The molecule has 16 heavy (non-hydrogen) atoms. The second-order valence-corrected chi connectivity index (χ2v) is 4.37. The maximum Gasteiger partial charge on any atom is 0.241 e. The van der Waals surface area contributed by atoms with E-state index in [1.807, 2.05) is 0 Å². The molecule has 1 saturated carbocycles. The molecule has 0 unspecified atom stereocenters. The number of hydrogen-bond donors (Lipinski definition) is 3. The topological polar surface area (TPSA) is 93.2 Å². The lowest BCUT2D eigenvalue weighted by Crippen LogP contribution is -2.34. The van der Waals surface area contributed by atoms with E-state index in [4.69, 9.17) is 10.8 Å². The summed E-state index contributed by atoms with van der Waals surface area (Å²) in [6.07, 6.45) is 3.63. The van der Waals surface area contributed by atoms with E-state index in [0.29, 0.717) is 12.4 Å². The number of anilines is 1. The molecule has 0 saturated heterocycles. The number of amides is 1. The standard InChI is InChI=1S/C10H16N4O2/c11-8-1-4-14(13-8)5-9(16)12-6-10(7-15)2-3-10/h1,4,15H,2-3,5-7H2,(H2,11,13)(H,12,16). The van der Waals surface area contributed by atoms with E-state index in [-0.39, 0.29) is 24.5 Å². The molecular weight excluding hydrogens is 208 g/mol. The quantitative estimate of drug-likeness (QED) is 0.620. The van der Waals surface area contributed by atoms with E-state index < -0.39 is 0 Å². The molecule has 1 amide bonds. The Balaban J connectivity index is 1.76. The fourth-order valence-electron chi connectivity index (χ4n) is 1.52. The number of hydrogen-bond acceptors (Lipinski definition) is 4. The molecule has 88 valence electrons. The Bertz CT molecular complexity index is 384. The minimum Gasteiger partial charge on any atom is -0.396 e. The number of nitrogens with zero attached hydrogens (tertiary/aromatic N) is 2. The monoisotopic (exact) mass is 224 g/mol. The van der Waals surface area contributed by atoms with Crippen molar-refractivity contribution in [2.24, 2.45) is 5.41 Å². The van der Waals surface area contributed by atoms with Gasteiger partial charge in [-0.05, 0) is 18.9 Å². The van der Waals surface area contributed by atoms with Crippen molar-refractivity contribution in [2.45, 2.75) is 19.4 Å². The van der Waals surface area contributed by atoms with Gasteiger partial charge in [0, 0.05) is 18.2 Å². The Hall–Kier alpha value is -1.56. The molecule has 1 aliphatic rings. The first-order valence-electron chi connectivity index (χ1n) is 5.30. The number of aliphatic hydroxyl groups is 1. The van der Waals surface area contributed by atoms with Gasteiger partial charge < -0.3 is 16.2 Å². The molecule has 2 rings (SSSR count). The van der Waals surface area contributed by atoms with Crippen LogP contribution in [0.4, 0.5) is 5.82 Å². The minimum atomic E-state index is -0.108. The van der Waals surface area contributed by atoms with E-state index in [2.05, 4.69) is 10.4 Å². The van der Waals surface area contributed by atoms with Crippen molar-refractivity contribution >= 4 is 11.7 Å². The largest absolute Gasteiger partial charge is 0.396 e. The molecule has 0 atom stereocenters. The van der Waals surface area contributed by atoms with Crippen LogP contribution >= 0.6 is 0 Å². The highest BCUT2D eigenvalue weighted by Crippen LogP contribution is 2.44. The van der Waals surface area contributed by atoms with Gasteiger partial charge in [0.05, 0.1) is 6.61 Å². The summed E-state index contributed by atoms with van der Waals surface area (Å²) in [5.74, 6) is 0.296. The van der Waals surface area contributed by atoms with E-state index in [9.17, 15) is 4.79 Å². The lowest BCUT2D eigenvalue weighted by Gasteiger charge is -2.12. The molecule has 1 aliphatic carbocycles. The number of nitrogen functional groups attached to an aromatic ring is 1. The summed E-state index contributed by atoms with van der Waals surface area (Å²) in [6.45, 7) is 0.847. The number of rotatable bonds is 5. The second kappa shape index (κ2) is 4.13. The van der Waals surface area contributed by atoms with Gasteiger partial charge in [-0.2, -0.15) is 5.10 Å². The molecule has 0 aromatic carbocycles. The van der Waals surface area contributed by atoms with Crippen molar-refractivity contribution in [2.75, 3.05) is 18.9 Å². The third-order valence-corrected chi connectivity index (χ3v) is 2.92. The predicted molar refractivity (Wildman–Crippen MR) is 58.4 cm³/mol. The molecule has 0 aliphatic heterocycles. The van der Waals surface area contributed by atoms with Gasteiger partial charge in [-0.15, -0.1) is 0 Å². The molecule has 0 radical (unpaired) electrons. The number of aromatic nitrogens is 2. The molecule has 1 heterocycles. The number of aliphatic hydroxyl groups excluding tert-OH is 1. The van der Waals surface area contributed by atoms with Crippen LogP contribution in [0.5, 0.6) is 0 Å². The molecule has 0 bridgehead atoms.